The summed E-state index contributed by atoms with van der Waals surface area (Å²) in [5, 5.41) is 43.6. The predicted molar refractivity (Wildman–Crippen MR) is 120 cm³/mol. The predicted octanol–water partition coefficient (Wildman–Crippen LogP) is 2.55. The molecule has 0 spiro atoms. The van der Waals surface area contributed by atoms with Crippen LogP contribution in [0, 0.1) is 11.8 Å². The summed E-state index contributed by atoms with van der Waals surface area (Å²) < 4.78 is 5.16. The first kappa shape index (κ1) is 22.8. The minimum absolute atomic E-state index is 0.0291. The van der Waals surface area contributed by atoms with Crippen LogP contribution >= 0.6 is 0 Å². The standard InChI is InChI=1S/C26H22O9/c1-11(27)20-18(30)10-14-7-13-8-15-12(9-17(29)19-3-2-6-35-19)4-5-16(28)22(15)23(31)21(13)25(33)26(14,34)24(20)32/h2-6,13-14,28,31-32,34H,7-10H2,1H3/t13-,14+,26-/m1/s1. The van der Waals surface area contributed by atoms with E-state index in [0.29, 0.717) is 11.1 Å². The van der Waals surface area contributed by atoms with E-state index in [1.54, 1.807) is 12.1 Å². The van der Waals surface area contributed by atoms with Crippen molar-refractivity contribution in [2.24, 2.45) is 11.8 Å². The molecule has 0 unspecified atom stereocenters. The van der Waals surface area contributed by atoms with Crippen LogP contribution in [0.2, 0.25) is 0 Å². The van der Waals surface area contributed by atoms with Crippen LogP contribution in [0.15, 0.2) is 51.9 Å². The zero-order valence-corrected chi connectivity index (χ0v) is 18.7. The number of hydrogen-bond donors (Lipinski definition) is 4. The Morgan fingerprint density at radius 2 is 1.86 bits per heavy atom. The molecule has 5 rings (SSSR count). The van der Waals surface area contributed by atoms with Crippen molar-refractivity contribution in [3.05, 3.63) is 69.9 Å². The van der Waals surface area contributed by atoms with E-state index in [4.69, 9.17) is 4.42 Å². The molecule has 0 saturated heterocycles. The van der Waals surface area contributed by atoms with Crippen molar-refractivity contribution in [1.29, 1.82) is 0 Å². The Hall–Kier alpha value is -3.98. The third-order valence-corrected chi connectivity index (χ3v) is 7.30. The Morgan fingerprint density at radius 1 is 1.11 bits per heavy atom. The van der Waals surface area contributed by atoms with E-state index < -0.39 is 51.9 Å². The first-order valence-corrected chi connectivity index (χ1v) is 11.1. The molecule has 0 radical (unpaired) electrons. The fraction of sp³-hybridized carbons (Fsp3) is 0.308. The smallest absolute Gasteiger partial charge is 0.202 e. The molecule has 4 N–H and O–H groups in total. The molecular formula is C26H22O9. The van der Waals surface area contributed by atoms with Gasteiger partial charge in [-0.1, -0.05) is 6.07 Å². The van der Waals surface area contributed by atoms with E-state index in [9.17, 15) is 39.6 Å². The number of carbonyl (C=O) groups excluding carboxylic acids is 4. The van der Waals surface area contributed by atoms with Crippen LogP contribution in [0.1, 0.15) is 47.0 Å². The number of benzene rings is 1. The Labute approximate surface area is 199 Å². The van der Waals surface area contributed by atoms with Gasteiger partial charge in [0.2, 0.25) is 11.6 Å². The average molecular weight is 478 g/mol. The SMILES string of the molecule is CC(=O)C1=C(O)[C@@]2(O)C(=O)C3=C(O)c4c(O)ccc(CC(=O)c5ccco5)c4C[C@H]3C[C@H]2CC1=O. The number of carbonyl (C=O) groups is 4. The van der Waals surface area contributed by atoms with Gasteiger partial charge >= 0.3 is 0 Å². The lowest BCUT2D eigenvalue weighted by Gasteiger charge is -2.46. The summed E-state index contributed by atoms with van der Waals surface area (Å²) in [6.45, 7) is 1.06. The third-order valence-electron chi connectivity index (χ3n) is 7.30. The Kier molecular flexibility index (Phi) is 5.06. The second kappa shape index (κ2) is 7.78. The van der Waals surface area contributed by atoms with Gasteiger partial charge in [-0.25, -0.2) is 0 Å². The van der Waals surface area contributed by atoms with E-state index in [1.165, 1.54) is 18.4 Å². The van der Waals surface area contributed by atoms with Gasteiger partial charge in [-0.3, -0.25) is 19.2 Å². The minimum atomic E-state index is -2.53. The number of aliphatic hydroxyl groups excluding tert-OH is 2. The van der Waals surface area contributed by atoms with Gasteiger partial charge in [0.15, 0.2) is 22.9 Å². The number of phenolic OH excluding ortho intramolecular Hbond substituents is 1. The van der Waals surface area contributed by atoms with E-state index in [-0.39, 0.29) is 54.1 Å². The van der Waals surface area contributed by atoms with Gasteiger partial charge < -0.3 is 24.8 Å². The zero-order chi connectivity index (χ0) is 25.2. The molecule has 0 aliphatic heterocycles. The van der Waals surface area contributed by atoms with E-state index >= 15 is 0 Å². The Balaban J connectivity index is 1.62. The van der Waals surface area contributed by atoms with Gasteiger partial charge in [0, 0.05) is 24.3 Å². The van der Waals surface area contributed by atoms with E-state index in [1.807, 2.05) is 0 Å². The van der Waals surface area contributed by atoms with E-state index in [0.717, 1.165) is 6.92 Å². The molecule has 35 heavy (non-hydrogen) atoms. The van der Waals surface area contributed by atoms with Gasteiger partial charge in [0.1, 0.15) is 22.8 Å². The van der Waals surface area contributed by atoms with Crippen LogP contribution in [-0.4, -0.2) is 49.2 Å². The third kappa shape index (κ3) is 3.19. The molecule has 3 atom stereocenters. The van der Waals surface area contributed by atoms with Crippen molar-refractivity contribution in [3.63, 3.8) is 0 Å². The molecule has 1 saturated carbocycles. The maximum absolute atomic E-state index is 13.5. The number of phenols is 1. The summed E-state index contributed by atoms with van der Waals surface area (Å²) in [5.74, 6) is -6.11. The highest BCUT2D eigenvalue weighted by atomic mass is 16.3. The van der Waals surface area contributed by atoms with Crippen molar-refractivity contribution in [2.45, 2.75) is 38.2 Å². The highest BCUT2D eigenvalue weighted by Crippen LogP contribution is 2.52. The van der Waals surface area contributed by atoms with Crippen LogP contribution in [0.3, 0.4) is 0 Å². The van der Waals surface area contributed by atoms with Crippen molar-refractivity contribution in [1.82, 2.24) is 0 Å². The molecule has 9 nitrogen and oxygen atoms in total. The number of rotatable bonds is 4. The normalized spacial score (nSPS) is 25.8. The number of fused-ring (bicyclic) bond motifs is 3. The summed E-state index contributed by atoms with van der Waals surface area (Å²) in [7, 11) is 0. The maximum Gasteiger partial charge on any atom is 0.202 e. The molecule has 2 aromatic rings. The average Bonchev–Trinajstić information content (AvgIpc) is 3.33. The topological polar surface area (TPSA) is 162 Å². The first-order valence-electron chi connectivity index (χ1n) is 11.1. The Morgan fingerprint density at radius 3 is 2.51 bits per heavy atom. The zero-order valence-electron chi connectivity index (χ0n) is 18.7. The van der Waals surface area contributed by atoms with Gasteiger partial charge in [-0.2, -0.15) is 0 Å². The molecule has 180 valence electrons. The minimum Gasteiger partial charge on any atom is -0.508 e. The van der Waals surface area contributed by atoms with Crippen molar-refractivity contribution >= 4 is 28.9 Å². The number of hydrogen-bond acceptors (Lipinski definition) is 9. The second-order valence-corrected chi connectivity index (χ2v) is 9.27. The van der Waals surface area contributed by atoms with Crippen molar-refractivity contribution in [2.75, 3.05) is 0 Å². The van der Waals surface area contributed by atoms with Crippen LogP contribution in [-0.2, 0) is 27.2 Å². The fourth-order valence-corrected chi connectivity index (χ4v) is 5.66. The molecule has 1 heterocycles. The number of aliphatic hydroxyl groups is 3. The quantitative estimate of drug-likeness (QED) is 0.382. The van der Waals surface area contributed by atoms with Crippen molar-refractivity contribution in [3.8, 4) is 5.75 Å². The van der Waals surface area contributed by atoms with Gasteiger partial charge in [-0.05, 0) is 55.0 Å². The largest absolute Gasteiger partial charge is 0.508 e. The number of aromatic hydroxyl groups is 1. The molecule has 3 aliphatic rings. The van der Waals surface area contributed by atoms with Crippen LogP contribution < -0.4 is 0 Å². The molecule has 0 bridgehead atoms. The molecular weight excluding hydrogens is 456 g/mol. The summed E-state index contributed by atoms with van der Waals surface area (Å²) in [5.41, 5.74) is -2.37. The molecule has 1 aromatic carbocycles. The molecule has 3 aliphatic carbocycles. The van der Waals surface area contributed by atoms with Crippen molar-refractivity contribution < 1.29 is 44.0 Å². The van der Waals surface area contributed by atoms with Crippen LogP contribution in [0.25, 0.3) is 5.76 Å². The first-order chi connectivity index (χ1) is 16.6. The second-order valence-electron chi connectivity index (χ2n) is 9.27. The summed E-state index contributed by atoms with van der Waals surface area (Å²) in [6.07, 6.45) is 1.20. The maximum atomic E-state index is 13.5. The molecule has 1 aromatic heterocycles. The molecule has 9 heteroatoms. The van der Waals surface area contributed by atoms with Gasteiger partial charge in [-0.15, -0.1) is 0 Å². The number of allylic oxidation sites excluding steroid dienone is 1. The number of Topliss-reactive ketones (excluding diaryl/α,β-unsaturated/α-hetero) is 4. The highest BCUT2D eigenvalue weighted by molar-refractivity contribution is 6.23. The van der Waals surface area contributed by atoms with Gasteiger partial charge in [0.25, 0.3) is 0 Å². The van der Waals surface area contributed by atoms with E-state index in [2.05, 4.69) is 0 Å². The number of ketones is 4. The number of furan rings is 1. The highest BCUT2D eigenvalue weighted by Gasteiger charge is 2.60. The fourth-order valence-electron chi connectivity index (χ4n) is 5.66. The van der Waals surface area contributed by atoms with Crippen LogP contribution in [0.5, 0.6) is 5.75 Å². The molecule has 1 fully saturated rings. The monoisotopic (exact) mass is 478 g/mol. The summed E-state index contributed by atoms with van der Waals surface area (Å²) in [6, 6.07) is 5.98. The van der Waals surface area contributed by atoms with Gasteiger partial charge in [0.05, 0.1) is 11.8 Å². The van der Waals surface area contributed by atoms with Crippen LogP contribution in [0.4, 0.5) is 0 Å². The summed E-state index contributed by atoms with van der Waals surface area (Å²) in [4.78, 5) is 50.6. The lowest BCUT2D eigenvalue weighted by Crippen LogP contribution is -2.57. The Bertz CT molecular complexity index is 1380. The molecule has 0 amide bonds. The lowest BCUT2D eigenvalue weighted by atomic mass is 9.59. The summed E-state index contributed by atoms with van der Waals surface area (Å²) >= 11 is 0. The lowest BCUT2D eigenvalue weighted by molar-refractivity contribution is -0.147.